The number of nitro benzene ring substituents is 1. The summed E-state index contributed by atoms with van der Waals surface area (Å²) in [5.74, 6) is 0.648. The van der Waals surface area contributed by atoms with Crippen LogP contribution in [0.25, 0.3) is 0 Å². The van der Waals surface area contributed by atoms with Crippen LogP contribution in [0.3, 0.4) is 0 Å². The maximum Gasteiger partial charge on any atom is 0.312 e. The van der Waals surface area contributed by atoms with Gasteiger partial charge in [0, 0.05) is 19.2 Å². The van der Waals surface area contributed by atoms with Crippen molar-refractivity contribution in [1.82, 2.24) is 4.31 Å². The van der Waals surface area contributed by atoms with Crippen LogP contribution in [-0.4, -0.2) is 37.8 Å². The van der Waals surface area contributed by atoms with Crippen molar-refractivity contribution < 1.29 is 22.8 Å². The molecule has 0 saturated carbocycles. The zero-order valence-electron chi connectivity index (χ0n) is 15.6. The van der Waals surface area contributed by atoms with Crippen molar-refractivity contribution in [3.8, 4) is 17.2 Å². The van der Waals surface area contributed by atoms with Gasteiger partial charge in [-0.2, -0.15) is 4.31 Å². The molecule has 0 aromatic heterocycles. The SMILES string of the molecule is CCN(CC)S(=O)(=O)c1ccc(Oc2ccc(C)cc2OC)c([N+](=O)[O-])c1. The number of hydrogen-bond acceptors (Lipinski definition) is 6. The van der Waals surface area contributed by atoms with E-state index in [1.807, 2.05) is 6.92 Å². The van der Waals surface area contributed by atoms with Gasteiger partial charge in [-0.3, -0.25) is 10.1 Å². The van der Waals surface area contributed by atoms with Gasteiger partial charge in [-0.25, -0.2) is 8.42 Å². The third-order valence-electron chi connectivity index (χ3n) is 4.01. The van der Waals surface area contributed by atoms with Gasteiger partial charge in [0.1, 0.15) is 0 Å². The van der Waals surface area contributed by atoms with Gasteiger partial charge in [-0.1, -0.05) is 19.9 Å². The number of rotatable bonds is 8. The number of nitrogens with zero attached hydrogens (tertiary/aromatic N) is 2. The highest BCUT2D eigenvalue weighted by atomic mass is 32.2. The van der Waals surface area contributed by atoms with Gasteiger partial charge in [0.15, 0.2) is 11.5 Å². The average Bonchev–Trinajstić information content (AvgIpc) is 2.63. The van der Waals surface area contributed by atoms with Crippen LogP contribution in [-0.2, 0) is 10.0 Å². The lowest BCUT2D eigenvalue weighted by molar-refractivity contribution is -0.385. The molecule has 8 nitrogen and oxygen atoms in total. The van der Waals surface area contributed by atoms with Crippen molar-refractivity contribution in [3.05, 3.63) is 52.1 Å². The van der Waals surface area contributed by atoms with E-state index in [0.29, 0.717) is 11.5 Å². The van der Waals surface area contributed by atoms with Crippen molar-refractivity contribution in [1.29, 1.82) is 0 Å². The molecular weight excluding hydrogens is 372 g/mol. The van der Waals surface area contributed by atoms with Gasteiger partial charge in [0.05, 0.1) is 16.9 Å². The summed E-state index contributed by atoms with van der Waals surface area (Å²) in [5.41, 5.74) is 0.500. The molecule has 0 aliphatic carbocycles. The molecule has 0 saturated heterocycles. The third-order valence-corrected chi connectivity index (χ3v) is 6.06. The summed E-state index contributed by atoms with van der Waals surface area (Å²) in [6.45, 7) is 5.83. The molecular formula is C18H22N2O6S. The van der Waals surface area contributed by atoms with E-state index in [-0.39, 0.29) is 23.7 Å². The quantitative estimate of drug-likeness (QED) is 0.500. The van der Waals surface area contributed by atoms with Gasteiger partial charge in [0.25, 0.3) is 0 Å². The monoisotopic (exact) mass is 394 g/mol. The number of methoxy groups -OCH3 is 1. The van der Waals surface area contributed by atoms with Crippen LogP contribution in [0.2, 0.25) is 0 Å². The van der Waals surface area contributed by atoms with Crippen molar-refractivity contribution >= 4 is 15.7 Å². The van der Waals surface area contributed by atoms with Crippen LogP contribution in [0, 0.1) is 17.0 Å². The first-order chi connectivity index (χ1) is 12.7. The third kappa shape index (κ3) is 4.37. The molecule has 0 fully saturated rings. The molecule has 2 aromatic rings. The Labute approximate surface area is 158 Å². The Morgan fingerprint density at radius 3 is 2.22 bits per heavy atom. The lowest BCUT2D eigenvalue weighted by Crippen LogP contribution is -2.30. The summed E-state index contributed by atoms with van der Waals surface area (Å²) in [7, 11) is -2.35. The molecule has 0 spiro atoms. The van der Waals surface area contributed by atoms with E-state index in [9.17, 15) is 18.5 Å². The molecule has 0 bridgehead atoms. The maximum absolute atomic E-state index is 12.6. The van der Waals surface area contributed by atoms with E-state index in [4.69, 9.17) is 9.47 Å². The highest BCUT2D eigenvalue weighted by molar-refractivity contribution is 7.89. The Morgan fingerprint density at radius 1 is 1.04 bits per heavy atom. The van der Waals surface area contributed by atoms with Gasteiger partial charge < -0.3 is 9.47 Å². The van der Waals surface area contributed by atoms with Crippen LogP contribution in [0.5, 0.6) is 17.2 Å². The Kier molecular flexibility index (Phi) is 6.40. The van der Waals surface area contributed by atoms with E-state index in [2.05, 4.69) is 0 Å². The Balaban J connectivity index is 2.50. The second-order valence-electron chi connectivity index (χ2n) is 5.73. The zero-order valence-corrected chi connectivity index (χ0v) is 16.4. The van der Waals surface area contributed by atoms with Crippen molar-refractivity contribution in [2.75, 3.05) is 20.2 Å². The molecule has 146 valence electrons. The number of nitro groups is 1. The molecule has 0 N–H and O–H groups in total. The van der Waals surface area contributed by atoms with Crippen molar-refractivity contribution in [2.24, 2.45) is 0 Å². The predicted octanol–water partition coefficient (Wildman–Crippen LogP) is 3.73. The zero-order chi connectivity index (χ0) is 20.2. The summed E-state index contributed by atoms with van der Waals surface area (Å²) in [4.78, 5) is 10.7. The first-order valence-corrected chi connectivity index (χ1v) is 9.79. The van der Waals surface area contributed by atoms with Gasteiger partial charge in [0.2, 0.25) is 15.8 Å². The molecule has 0 aliphatic rings. The summed E-state index contributed by atoms with van der Waals surface area (Å²) < 4.78 is 37.4. The number of aryl methyl sites for hydroxylation is 1. The minimum absolute atomic E-state index is 0.0688. The van der Waals surface area contributed by atoms with Crippen molar-refractivity contribution in [2.45, 2.75) is 25.7 Å². The molecule has 2 aromatic carbocycles. The Bertz CT molecular complexity index is 939. The normalized spacial score (nSPS) is 11.4. The average molecular weight is 394 g/mol. The minimum atomic E-state index is -3.82. The molecule has 2 rings (SSSR count). The largest absolute Gasteiger partial charge is 0.493 e. The number of hydrogen-bond donors (Lipinski definition) is 0. The number of benzene rings is 2. The van der Waals surface area contributed by atoms with Crippen LogP contribution in [0.1, 0.15) is 19.4 Å². The fraction of sp³-hybridized carbons (Fsp3) is 0.333. The molecule has 0 atom stereocenters. The number of ether oxygens (including phenoxy) is 2. The summed E-state index contributed by atoms with van der Waals surface area (Å²) in [6, 6.07) is 8.76. The molecule has 0 radical (unpaired) electrons. The van der Waals surface area contributed by atoms with E-state index >= 15 is 0 Å². The fourth-order valence-electron chi connectivity index (χ4n) is 2.58. The second kappa shape index (κ2) is 8.36. The molecule has 0 amide bonds. The first-order valence-electron chi connectivity index (χ1n) is 8.35. The summed E-state index contributed by atoms with van der Waals surface area (Å²) in [5, 5.41) is 11.5. The maximum atomic E-state index is 12.6. The van der Waals surface area contributed by atoms with Crippen LogP contribution >= 0.6 is 0 Å². The first kappa shape index (κ1) is 20.7. The predicted molar refractivity (Wildman–Crippen MR) is 101 cm³/mol. The van der Waals surface area contributed by atoms with E-state index in [0.717, 1.165) is 11.6 Å². The molecule has 0 heterocycles. The van der Waals surface area contributed by atoms with Crippen LogP contribution in [0.15, 0.2) is 41.3 Å². The summed E-state index contributed by atoms with van der Waals surface area (Å²) >= 11 is 0. The highest BCUT2D eigenvalue weighted by Gasteiger charge is 2.26. The van der Waals surface area contributed by atoms with E-state index in [1.165, 1.54) is 23.5 Å². The fourth-order valence-corrected chi connectivity index (χ4v) is 4.06. The number of sulfonamides is 1. The van der Waals surface area contributed by atoms with Crippen LogP contribution in [0.4, 0.5) is 5.69 Å². The van der Waals surface area contributed by atoms with E-state index in [1.54, 1.807) is 32.0 Å². The standard InChI is InChI=1S/C18H22N2O6S/c1-5-19(6-2)27(23,24)14-8-10-16(15(12-14)20(21)22)26-17-9-7-13(3)11-18(17)25-4/h7-12H,5-6H2,1-4H3. The minimum Gasteiger partial charge on any atom is -0.493 e. The van der Waals surface area contributed by atoms with Gasteiger partial charge in [-0.15, -0.1) is 0 Å². The highest BCUT2D eigenvalue weighted by Crippen LogP contribution is 2.38. The molecule has 27 heavy (non-hydrogen) atoms. The topological polar surface area (TPSA) is 99.0 Å². The lowest BCUT2D eigenvalue weighted by atomic mass is 10.2. The van der Waals surface area contributed by atoms with Crippen molar-refractivity contribution in [3.63, 3.8) is 0 Å². The van der Waals surface area contributed by atoms with E-state index < -0.39 is 20.6 Å². The van der Waals surface area contributed by atoms with Gasteiger partial charge in [-0.05, 0) is 36.8 Å². The lowest BCUT2D eigenvalue weighted by Gasteiger charge is -2.18. The van der Waals surface area contributed by atoms with Crippen LogP contribution < -0.4 is 9.47 Å². The molecule has 9 heteroatoms. The van der Waals surface area contributed by atoms with Gasteiger partial charge >= 0.3 is 5.69 Å². The molecule has 0 unspecified atom stereocenters. The Hall–Kier alpha value is -2.65. The summed E-state index contributed by atoms with van der Waals surface area (Å²) in [6.07, 6.45) is 0. The Morgan fingerprint density at radius 2 is 1.67 bits per heavy atom. The molecule has 0 aliphatic heterocycles. The second-order valence-corrected chi connectivity index (χ2v) is 7.67. The smallest absolute Gasteiger partial charge is 0.312 e.